The van der Waals surface area contributed by atoms with Crippen LogP contribution in [0.3, 0.4) is 0 Å². The Morgan fingerprint density at radius 2 is 2.21 bits per heavy atom. The highest BCUT2D eigenvalue weighted by molar-refractivity contribution is 7.17. The lowest BCUT2D eigenvalue weighted by Gasteiger charge is -2.11. The topological polar surface area (TPSA) is 90.9 Å². The quantitative estimate of drug-likeness (QED) is 0.787. The van der Waals surface area contributed by atoms with E-state index in [-0.39, 0.29) is 11.6 Å². The molecule has 6 heteroatoms. The van der Waals surface area contributed by atoms with Crippen molar-refractivity contribution in [2.24, 2.45) is 5.92 Å². The van der Waals surface area contributed by atoms with Gasteiger partial charge in [0.15, 0.2) is 0 Å². The van der Waals surface area contributed by atoms with E-state index in [4.69, 9.17) is 11.0 Å². The van der Waals surface area contributed by atoms with Gasteiger partial charge in [-0.2, -0.15) is 5.26 Å². The Labute approximate surface area is 116 Å². The zero-order valence-corrected chi connectivity index (χ0v) is 11.8. The first-order valence-electron chi connectivity index (χ1n) is 6.45. The highest BCUT2D eigenvalue weighted by Crippen LogP contribution is 2.36. The number of anilines is 2. The van der Waals surface area contributed by atoms with Crippen molar-refractivity contribution >= 4 is 27.9 Å². The number of nitrogens with zero attached hydrogens (tertiary/aromatic N) is 1. The van der Waals surface area contributed by atoms with Crippen molar-refractivity contribution in [1.29, 1.82) is 5.26 Å². The van der Waals surface area contributed by atoms with Gasteiger partial charge >= 0.3 is 0 Å². The number of hydrogen-bond acceptors (Lipinski definition) is 5. The largest absolute Gasteiger partial charge is 0.396 e. The third-order valence-corrected chi connectivity index (χ3v) is 4.59. The van der Waals surface area contributed by atoms with Crippen LogP contribution in [0, 0.1) is 17.2 Å². The first kappa shape index (κ1) is 13.7. The molecule has 1 aliphatic rings. The average Bonchev–Trinajstić information content (AvgIpc) is 3.03. The van der Waals surface area contributed by atoms with Crippen LogP contribution in [0.15, 0.2) is 0 Å². The second-order valence-corrected chi connectivity index (χ2v) is 5.79. The number of nitrogen functional groups attached to an aromatic ring is 1. The van der Waals surface area contributed by atoms with E-state index >= 15 is 0 Å². The summed E-state index contributed by atoms with van der Waals surface area (Å²) in [6.45, 7) is 0.842. The summed E-state index contributed by atoms with van der Waals surface area (Å²) in [5.41, 5.74) is 6.55. The van der Waals surface area contributed by atoms with Crippen LogP contribution in [-0.2, 0) is 0 Å². The minimum absolute atomic E-state index is 0.246. The van der Waals surface area contributed by atoms with Crippen LogP contribution in [-0.4, -0.2) is 19.5 Å². The number of nitrogens with one attached hydrogen (secondary N) is 2. The van der Waals surface area contributed by atoms with Crippen LogP contribution >= 0.6 is 11.3 Å². The molecule has 0 aromatic carbocycles. The van der Waals surface area contributed by atoms with Crippen molar-refractivity contribution in [1.82, 2.24) is 5.32 Å². The molecule has 4 N–H and O–H groups in total. The molecule has 1 heterocycles. The van der Waals surface area contributed by atoms with E-state index in [0.717, 1.165) is 6.54 Å². The fourth-order valence-electron chi connectivity index (χ4n) is 2.45. The number of nitrogens with two attached hydrogens (primary N) is 1. The van der Waals surface area contributed by atoms with Crippen molar-refractivity contribution in [2.75, 3.05) is 24.6 Å². The van der Waals surface area contributed by atoms with Crippen molar-refractivity contribution in [3.05, 3.63) is 10.4 Å². The standard InChI is InChI=1S/C13H18N4OS/c1-16-12(18)10-11(15)9(6-14)19-13(10)17-7-8-4-2-3-5-8/h8,17H,2-5,7,15H2,1H3,(H,16,18). The zero-order chi connectivity index (χ0) is 13.8. The number of rotatable bonds is 4. The number of thiophene rings is 1. The Hall–Kier alpha value is -1.74. The SMILES string of the molecule is CNC(=O)c1c(NCC2CCCC2)sc(C#N)c1N. The van der Waals surface area contributed by atoms with Gasteiger partial charge in [-0.3, -0.25) is 4.79 Å². The van der Waals surface area contributed by atoms with Gasteiger partial charge in [-0.25, -0.2) is 0 Å². The van der Waals surface area contributed by atoms with Crippen molar-refractivity contribution in [3.63, 3.8) is 0 Å². The van der Waals surface area contributed by atoms with E-state index in [1.807, 2.05) is 6.07 Å². The van der Waals surface area contributed by atoms with Gasteiger partial charge in [0.25, 0.3) is 5.91 Å². The van der Waals surface area contributed by atoms with E-state index in [9.17, 15) is 4.79 Å². The number of nitriles is 1. The van der Waals surface area contributed by atoms with E-state index in [1.54, 1.807) is 7.05 Å². The molecule has 5 nitrogen and oxygen atoms in total. The van der Waals surface area contributed by atoms with Crippen LogP contribution in [0.4, 0.5) is 10.7 Å². The molecular weight excluding hydrogens is 260 g/mol. The Balaban J connectivity index is 2.18. The molecule has 2 rings (SSSR count). The summed E-state index contributed by atoms with van der Waals surface area (Å²) >= 11 is 1.26. The summed E-state index contributed by atoms with van der Waals surface area (Å²) in [7, 11) is 1.56. The molecule has 0 bridgehead atoms. The molecule has 0 saturated heterocycles. The minimum Gasteiger partial charge on any atom is -0.396 e. The fraction of sp³-hybridized carbons (Fsp3) is 0.538. The summed E-state index contributed by atoms with van der Waals surface area (Å²) in [6.07, 6.45) is 5.03. The first-order valence-corrected chi connectivity index (χ1v) is 7.27. The molecule has 1 amide bonds. The number of amides is 1. The smallest absolute Gasteiger partial charge is 0.256 e. The molecule has 1 saturated carbocycles. The molecule has 1 fully saturated rings. The van der Waals surface area contributed by atoms with Gasteiger partial charge < -0.3 is 16.4 Å². The summed E-state index contributed by atoms with van der Waals surface area (Å²) in [5.74, 6) is 0.413. The molecule has 1 aromatic heterocycles. The summed E-state index contributed by atoms with van der Waals surface area (Å²) in [6, 6.07) is 2.04. The lowest BCUT2D eigenvalue weighted by atomic mass is 10.1. The van der Waals surface area contributed by atoms with E-state index < -0.39 is 0 Å². The Morgan fingerprint density at radius 3 is 2.79 bits per heavy atom. The Morgan fingerprint density at radius 1 is 1.53 bits per heavy atom. The van der Waals surface area contributed by atoms with Gasteiger partial charge in [0.05, 0.1) is 11.3 Å². The molecule has 1 aromatic rings. The maximum atomic E-state index is 11.8. The Bertz CT molecular complexity index is 511. The lowest BCUT2D eigenvalue weighted by Crippen LogP contribution is -2.21. The second-order valence-electron chi connectivity index (χ2n) is 4.77. The molecule has 102 valence electrons. The predicted octanol–water partition coefficient (Wildman–Crippen LogP) is 2.16. The number of carbonyl (C=O) groups is 1. The molecule has 0 atom stereocenters. The molecule has 0 aliphatic heterocycles. The second kappa shape index (κ2) is 5.93. The monoisotopic (exact) mass is 278 g/mol. The van der Waals surface area contributed by atoms with E-state index in [2.05, 4.69) is 10.6 Å². The van der Waals surface area contributed by atoms with Crippen LogP contribution < -0.4 is 16.4 Å². The van der Waals surface area contributed by atoms with E-state index in [0.29, 0.717) is 21.4 Å². The fourth-order valence-corrected chi connectivity index (χ4v) is 3.38. The lowest BCUT2D eigenvalue weighted by molar-refractivity contribution is 0.0965. The van der Waals surface area contributed by atoms with Gasteiger partial charge in [-0.15, -0.1) is 11.3 Å². The zero-order valence-electron chi connectivity index (χ0n) is 11.0. The van der Waals surface area contributed by atoms with Crippen LogP contribution in [0.5, 0.6) is 0 Å². The molecule has 0 spiro atoms. The van der Waals surface area contributed by atoms with Gasteiger partial charge in [0.2, 0.25) is 0 Å². The van der Waals surface area contributed by atoms with Gasteiger partial charge in [-0.1, -0.05) is 12.8 Å². The molecule has 1 aliphatic carbocycles. The van der Waals surface area contributed by atoms with Crippen LogP contribution in [0.1, 0.15) is 40.9 Å². The number of carbonyl (C=O) groups excluding carboxylic acids is 1. The third-order valence-electron chi connectivity index (χ3n) is 3.53. The molecule has 19 heavy (non-hydrogen) atoms. The Kier molecular flexibility index (Phi) is 4.27. The van der Waals surface area contributed by atoms with E-state index in [1.165, 1.54) is 37.0 Å². The van der Waals surface area contributed by atoms with Gasteiger partial charge in [0.1, 0.15) is 15.9 Å². The normalized spacial score (nSPS) is 15.2. The minimum atomic E-state index is -0.246. The number of hydrogen-bond donors (Lipinski definition) is 3. The van der Waals surface area contributed by atoms with Gasteiger partial charge in [-0.05, 0) is 18.8 Å². The van der Waals surface area contributed by atoms with Gasteiger partial charge in [0, 0.05) is 13.6 Å². The van der Waals surface area contributed by atoms with Crippen molar-refractivity contribution in [2.45, 2.75) is 25.7 Å². The maximum absolute atomic E-state index is 11.8. The first-order chi connectivity index (χ1) is 9.17. The molecule has 0 radical (unpaired) electrons. The summed E-state index contributed by atoms with van der Waals surface area (Å²) in [4.78, 5) is 12.2. The highest BCUT2D eigenvalue weighted by atomic mass is 32.1. The summed E-state index contributed by atoms with van der Waals surface area (Å²) < 4.78 is 0. The van der Waals surface area contributed by atoms with Crippen molar-refractivity contribution in [3.8, 4) is 6.07 Å². The third kappa shape index (κ3) is 2.82. The summed E-state index contributed by atoms with van der Waals surface area (Å²) in [5, 5.41) is 15.6. The maximum Gasteiger partial charge on any atom is 0.256 e. The molecule has 0 unspecified atom stereocenters. The van der Waals surface area contributed by atoms with Crippen molar-refractivity contribution < 1.29 is 4.79 Å². The predicted molar refractivity (Wildman–Crippen MR) is 77.3 cm³/mol. The highest BCUT2D eigenvalue weighted by Gasteiger charge is 2.22. The average molecular weight is 278 g/mol. The van der Waals surface area contributed by atoms with Crippen LogP contribution in [0.25, 0.3) is 0 Å². The van der Waals surface area contributed by atoms with Crippen LogP contribution in [0.2, 0.25) is 0 Å². The molecular formula is C13H18N4OS.